The first-order valence-electron chi connectivity index (χ1n) is 10.8. The van der Waals surface area contributed by atoms with Gasteiger partial charge in [0.2, 0.25) is 5.91 Å². The molecule has 3 rings (SSSR count). The van der Waals surface area contributed by atoms with E-state index in [0.717, 1.165) is 25.2 Å². The molecule has 1 amide bonds. The first-order valence-corrected chi connectivity index (χ1v) is 10.8. The van der Waals surface area contributed by atoms with E-state index in [9.17, 15) is 9.90 Å². The van der Waals surface area contributed by atoms with Gasteiger partial charge in [0.25, 0.3) is 0 Å². The number of amides is 1. The summed E-state index contributed by atoms with van der Waals surface area (Å²) in [7, 11) is 2.04. The normalized spacial score (nSPS) is 16.6. The van der Waals surface area contributed by atoms with Gasteiger partial charge in [-0.1, -0.05) is 60.7 Å². The van der Waals surface area contributed by atoms with Crippen molar-refractivity contribution in [1.82, 2.24) is 14.7 Å². The number of β-amino-alcohol motifs (C(OH)–C–C–N with tert-alkyl or cyclic N) is 1. The summed E-state index contributed by atoms with van der Waals surface area (Å²) >= 11 is 0. The van der Waals surface area contributed by atoms with Gasteiger partial charge in [0.15, 0.2) is 0 Å². The van der Waals surface area contributed by atoms with Gasteiger partial charge in [-0.05, 0) is 32.0 Å². The van der Waals surface area contributed by atoms with Gasteiger partial charge >= 0.3 is 0 Å². The minimum atomic E-state index is -0.525. The van der Waals surface area contributed by atoms with Crippen LogP contribution in [-0.2, 0) is 16.8 Å². The largest absolute Gasteiger partial charge is 0.390 e. The number of benzene rings is 2. The van der Waals surface area contributed by atoms with Crippen LogP contribution in [0.4, 0.5) is 0 Å². The number of carbonyl (C=O) groups excluding carboxylic acids is 1. The Morgan fingerprint density at radius 3 is 2.17 bits per heavy atom. The molecule has 0 bridgehead atoms. The number of nitrogens with zero attached hydrogens (tertiary/aromatic N) is 3. The Morgan fingerprint density at radius 2 is 1.57 bits per heavy atom. The first kappa shape index (κ1) is 22.5. The van der Waals surface area contributed by atoms with Crippen molar-refractivity contribution in [1.29, 1.82) is 0 Å². The molecule has 0 saturated carbocycles. The van der Waals surface area contributed by atoms with Crippen molar-refractivity contribution < 1.29 is 9.90 Å². The molecular formula is C25H35N3O2. The third kappa shape index (κ3) is 5.91. The summed E-state index contributed by atoms with van der Waals surface area (Å²) in [6.45, 7) is 9.13. The monoisotopic (exact) mass is 409 g/mol. The molecule has 0 spiro atoms. The van der Waals surface area contributed by atoms with Gasteiger partial charge in [0.05, 0.1) is 11.5 Å². The highest BCUT2D eigenvalue weighted by Crippen LogP contribution is 2.26. The minimum absolute atomic E-state index is 0.177. The molecule has 0 aliphatic carbocycles. The summed E-state index contributed by atoms with van der Waals surface area (Å²) in [5.41, 5.74) is 1.78. The van der Waals surface area contributed by atoms with Crippen molar-refractivity contribution in [2.75, 3.05) is 46.3 Å². The third-order valence-electron chi connectivity index (χ3n) is 5.98. The van der Waals surface area contributed by atoms with E-state index in [1.54, 1.807) is 0 Å². The Kier molecular flexibility index (Phi) is 7.64. The molecule has 2 aromatic carbocycles. The number of carbonyl (C=O) groups is 1. The molecule has 1 heterocycles. The maximum absolute atomic E-state index is 13.1. The fourth-order valence-electron chi connectivity index (χ4n) is 4.18. The predicted octanol–water partition coefficient (Wildman–Crippen LogP) is 2.60. The van der Waals surface area contributed by atoms with Crippen molar-refractivity contribution in [3.8, 4) is 0 Å². The highest BCUT2D eigenvalue weighted by atomic mass is 16.3. The zero-order valence-corrected chi connectivity index (χ0v) is 18.5. The minimum Gasteiger partial charge on any atom is -0.390 e. The van der Waals surface area contributed by atoms with Crippen LogP contribution in [0, 0.1) is 0 Å². The van der Waals surface area contributed by atoms with Crippen molar-refractivity contribution in [2.45, 2.75) is 31.9 Å². The Morgan fingerprint density at radius 1 is 1.00 bits per heavy atom. The molecule has 162 valence electrons. The van der Waals surface area contributed by atoms with E-state index < -0.39 is 11.5 Å². The second-order valence-corrected chi connectivity index (χ2v) is 8.92. The molecule has 5 nitrogen and oxygen atoms in total. The first-order chi connectivity index (χ1) is 14.4. The summed E-state index contributed by atoms with van der Waals surface area (Å²) in [6, 6.07) is 20.3. The quantitative estimate of drug-likeness (QED) is 0.728. The van der Waals surface area contributed by atoms with E-state index in [1.807, 2.05) is 74.3 Å². The van der Waals surface area contributed by atoms with E-state index in [0.29, 0.717) is 26.2 Å². The van der Waals surface area contributed by atoms with Crippen molar-refractivity contribution >= 4 is 5.91 Å². The van der Waals surface area contributed by atoms with Crippen molar-refractivity contribution in [2.24, 2.45) is 0 Å². The Labute approximate surface area is 180 Å². The molecular weight excluding hydrogens is 374 g/mol. The molecule has 2 aromatic rings. The standard InChI is InChI=1S/C25H35N3O2/c1-25(2,22-12-8-5-9-13-22)24(30)28-16-14-27(15-17-28)20-23(29)19-26(3)18-21-10-6-4-7-11-21/h4-13,23,29H,14-20H2,1-3H3. The number of rotatable bonds is 8. The Balaban J connectivity index is 1.44. The molecule has 1 aliphatic rings. The van der Waals surface area contributed by atoms with Crippen molar-refractivity contribution in [3.63, 3.8) is 0 Å². The van der Waals surface area contributed by atoms with Gasteiger partial charge in [-0.15, -0.1) is 0 Å². The maximum Gasteiger partial charge on any atom is 0.232 e. The molecule has 0 radical (unpaired) electrons. The second-order valence-electron chi connectivity index (χ2n) is 8.92. The number of aliphatic hydroxyl groups excluding tert-OH is 1. The summed E-state index contributed by atoms with van der Waals surface area (Å²) in [5, 5.41) is 10.5. The molecule has 1 unspecified atom stereocenters. The highest BCUT2D eigenvalue weighted by molar-refractivity contribution is 5.87. The Hall–Kier alpha value is -2.21. The van der Waals surface area contributed by atoms with Gasteiger partial charge in [-0.25, -0.2) is 0 Å². The van der Waals surface area contributed by atoms with Crippen molar-refractivity contribution in [3.05, 3.63) is 71.8 Å². The van der Waals surface area contributed by atoms with Gasteiger partial charge in [-0.3, -0.25) is 14.6 Å². The molecule has 1 fully saturated rings. The van der Waals surface area contributed by atoms with Crippen LogP contribution >= 0.6 is 0 Å². The van der Waals surface area contributed by atoms with Gasteiger partial charge in [-0.2, -0.15) is 0 Å². The van der Waals surface area contributed by atoms with Crippen LogP contribution in [0.5, 0.6) is 0 Å². The Bertz CT molecular complexity index is 787. The highest BCUT2D eigenvalue weighted by Gasteiger charge is 2.35. The second kappa shape index (κ2) is 10.2. The van der Waals surface area contributed by atoms with E-state index in [1.165, 1.54) is 5.56 Å². The summed E-state index contributed by atoms with van der Waals surface area (Å²) in [4.78, 5) is 19.5. The summed E-state index contributed by atoms with van der Waals surface area (Å²) < 4.78 is 0. The number of hydrogen-bond acceptors (Lipinski definition) is 4. The lowest BCUT2D eigenvalue weighted by Crippen LogP contribution is -2.54. The molecule has 1 N–H and O–H groups in total. The molecule has 1 atom stereocenters. The fourth-order valence-corrected chi connectivity index (χ4v) is 4.18. The molecule has 1 aliphatic heterocycles. The fraction of sp³-hybridized carbons (Fsp3) is 0.480. The number of aliphatic hydroxyl groups is 1. The predicted molar refractivity (Wildman–Crippen MR) is 121 cm³/mol. The van der Waals surface area contributed by atoms with E-state index in [4.69, 9.17) is 0 Å². The summed E-state index contributed by atoms with van der Waals surface area (Å²) in [6.07, 6.45) is -0.401. The number of likely N-dealkylation sites (N-methyl/N-ethyl adjacent to an activating group) is 1. The number of piperazine rings is 1. The van der Waals surface area contributed by atoms with E-state index >= 15 is 0 Å². The molecule has 1 saturated heterocycles. The van der Waals surface area contributed by atoms with Gasteiger partial charge in [0, 0.05) is 45.8 Å². The van der Waals surface area contributed by atoms with Crippen LogP contribution in [0.1, 0.15) is 25.0 Å². The average molecular weight is 410 g/mol. The van der Waals surface area contributed by atoms with E-state index in [-0.39, 0.29) is 5.91 Å². The van der Waals surface area contributed by atoms with Crippen LogP contribution in [0.3, 0.4) is 0 Å². The molecule has 0 aromatic heterocycles. The lowest BCUT2D eigenvalue weighted by molar-refractivity contribution is -0.138. The summed E-state index contributed by atoms with van der Waals surface area (Å²) in [5.74, 6) is 0.177. The topological polar surface area (TPSA) is 47.0 Å². The SMILES string of the molecule is CN(Cc1ccccc1)CC(O)CN1CCN(C(=O)C(C)(C)c2ccccc2)CC1. The third-order valence-corrected chi connectivity index (χ3v) is 5.98. The van der Waals surface area contributed by atoms with Crippen LogP contribution in [-0.4, -0.2) is 78.1 Å². The molecule has 5 heteroatoms. The zero-order chi connectivity index (χ0) is 21.6. The maximum atomic E-state index is 13.1. The van der Waals surface area contributed by atoms with Gasteiger partial charge in [0.1, 0.15) is 0 Å². The lowest BCUT2D eigenvalue weighted by Gasteiger charge is -2.39. The lowest BCUT2D eigenvalue weighted by atomic mass is 9.83. The van der Waals surface area contributed by atoms with Crippen LogP contribution in [0.15, 0.2) is 60.7 Å². The zero-order valence-electron chi connectivity index (χ0n) is 18.5. The van der Waals surface area contributed by atoms with Crippen LogP contribution in [0.2, 0.25) is 0 Å². The van der Waals surface area contributed by atoms with E-state index in [2.05, 4.69) is 21.9 Å². The van der Waals surface area contributed by atoms with Crippen LogP contribution < -0.4 is 0 Å². The smallest absolute Gasteiger partial charge is 0.232 e. The van der Waals surface area contributed by atoms with Gasteiger partial charge < -0.3 is 10.0 Å². The average Bonchev–Trinajstić information content (AvgIpc) is 2.75. The van der Waals surface area contributed by atoms with Crippen LogP contribution in [0.25, 0.3) is 0 Å². The number of hydrogen-bond donors (Lipinski definition) is 1. The molecule has 30 heavy (non-hydrogen) atoms.